The summed E-state index contributed by atoms with van der Waals surface area (Å²) in [7, 11) is 0. The van der Waals surface area contributed by atoms with E-state index in [0.29, 0.717) is 24.8 Å². The van der Waals surface area contributed by atoms with E-state index in [0.717, 1.165) is 44.7 Å². The Bertz CT molecular complexity index is 813. The fourth-order valence-electron chi connectivity index (χ4n) is 4.08. The fraction of sp³-hybridized carbons (Fsp3) is 0.550. The summed E-state index contributed by atoms with van der Waals surface area (Å²) in [5.41, 5.74) is 3.90. The van der Waals surface area contributed by atoms with Crippen LogP contribution in [0.3, 0.4) is 0 Å². The van der Waals surface area contributed by atoms with Gasteiger partial charge in [0.2, 0.25) is 0 Å². The lowest BCUT2D eigenvalue weighted by Crippen LogP contribution is -2.49. The number of piperazine rings is 1. The zero-order valence-corrected chi connectivity index (χ0v) is 18.6. The quantitative estimate of drug-likeness (QED) is 0.794. The lowest BCUT2D eigenvalue weighted by Gasteiger charge is -2.36. The monoisotopic (exact) mass is 440 g/mol. The van der Waals surface area contributed by atoms with Gasteiger partial charge >= 0.3 is 0 Å². The summed E-state index contributed by atoms with van der Waals surface area (Å²) < 4.78 is 1.96. The molecule has 29 heavy (non-hydrogen) atoms. The van der Waals surface area contributed by atoms with Crippen LogP contribution in [0.15, 0.2) is 24.3 Å². The van der Waals surface area contributed by atoms with Gasteiger partial charge in [-0.05, 0) is 57.5 Å². The van der Waals surface area contributed by atoms with Crippen molar-refractivity contribution in [3.63, 3.8) is 0 Å². The number of hydrogen-bond acceptors (Lipinski definition) is 5. The minimum absolute atomic E-state index is 0. The van der Waals surface area contributed by atoms with E-state index in [1.54, 1.807) is 0 Å². The number of hydrogen-bond donors (Lipinski definition) is 1. The second-order valence-corrected chi connectivity index (χ2v) is 7.57. The van der Waals surface area contributed by atoms with Crippen LogP contribution >= 0.6 is 24.8 Å². The van der Waals surface area contributed by atoms with E-state index >= 15 is 0 Å². The Morgan fingerprint density at radius 1 is 1.07 bits per heavy atom. The molecule has 2 fully saturated rings. The third-order valence-electron chi connectivity index (χ3n) is 5.72. The first-order chi connectivity index (χ1) is 13.1. The van der Waals surface area contributed by atoms with Crippen molar-refractivity contribution in [2.24, 2.45) is 0 Å². The molecule has 3 heterocycles. The summed E-state index contributed by atoms with van der Waals surface area (Å²) in [5, 5.41) is 11.9. The molecule has 0 bridgehead atoms. The number of aromatic nitrogens is 3. The van der Waals surface area contributed by atoms with Gasteiger partial charge in [0.05, 0.1) is 11.7 Å². The smallest absolute Gasteiger partial charge is 0.276 e. The molecule has 4 rings (SSSR count). The maximum atomic E-state index is 13.0. The molecule has 1 aromatic heterocycles. The SMILES string of the molecule is Cc1cccc(N2CCN(C(=O)c3nnn(C4CCNCC4)c3C)CC2)c1.Cl.Cl. The topological polar surface area (TPSA) is 66.3 Å². The summed E-state index contributed by atoms with van der Waals surface area (Å²) in [5.74, 6) is 0.0107. The van der Waals surface area contributed by atoms with Crippen molar-refractivity contribution in [1.29, 1.82) is 0 Å². The molecular formula is C20H30Cl2N6O. The second-order valence-electron chi connectivity index (χ2n) is 7.57. The Morgan fingerprint density at radius 2 is 1.76 bits per heavy atom. The van der Waals surface area contributed by atoms with E-state index in [2.05, 4.69) is 51.7 Å². The van der Waals surface area contributed by atoms with E-state index in [1.165, 1.54) is 11.3 Å². The highest BCUT2D eigenvalue weighted by atomic mass is 35.5. The van der Waals surface area contributed by atoms with Crippen LogP contribution in [0.5, 0.6) is 0 Å². The van der Waals surface area contributed by atoms with Crippen molar-refractivity contribution in [3.8, 4) is 0 Å². The number of aryl methyl sites for hydroxylation is 1. The van der Waals surface area contributed by atoms with Gasteiger partial charge in [0.1, 0.15) is 0 Å². The number of rotatable bonds is 3. The first-order valence-electron chi connectivity index (χ1n) is 9.87. The van der Waals surface area contributed by atoms with E-state index in [4.69, 9.17) is 0 Å². The Labute approximate surface area is 184 Å². The lowest BCUT2D eigenvalue weighted by atomic mass is 10.1. The molecular weight excluding hydrogens is 411 g/mol. The largest absolute Gasteiger partial charge is 0.368 e. The van der Waals surface area contributed by atoms with Gasteiger partial charge in [-0.3, -0.25) is 4.79 Å². The number of halogens is 2. The molecule has 0 aliphatic carbocycles. The van der Waals surface area contributed by atoms with Gasteiger partial charge in [0.15, 0.2) is 5.69 Å². The Hall–Kier alpha value is -1.83. The van der Waals surface area contributed by atoms with Crippen LogP contribution in [-0.4, -0.2) is 65.1 Å². The minimum atomic E-state index is 0. The average Bonchev–Trinajstić information content (AvgIpc) is 3.09. The summed E-state index contributed by atoms with van der Waals surface area (Å²) in [4.78, 5) is 17.2. The Kier molecular flexibility index (Phi) is 8.31. The first kappa shape index (κ1) is 23.4. The zero-order chi connectivity index (χ0) is 18.8. The number of carbonyl (C=O) groups excluding carboxylic acids is 1. The van der Waals surface area contributed by atoms with Gasteiger partial charge < -0.3 is 15.1 Å². The molecule has 9 heteroatoms. The molecule has 2 aliphatic heterocycles. The zero-order valence-electron chi connectivity index (χ0n) is 17.0. The summed E-state index contributed by atoms with van der Waals surface area (Å²) >= 11 is 0. The van der Waals surface area contributed by atoms with Crippen LogP contribution in [-0.2, 0) is 0 Å². The molecule has 7 nitrogen and oxygen atoms in total. The van der Waals surface area contributed by atoms with E-state index in [9.17, 15) is 4.79 Å². The molecule has 1 aromatic carbocycles. The molecule has 2 aromatic rings. The first-order valence-corrected chi connectivity index (χ1v) is 9.87. The molecule has 0 radical (unpaired) electrons. The van der Waals surface area contributed by atoms with Gasteiger partial charge in [-0.2, -0.15) is 0 Å². The van der Waals surface area contributed by atoms with Gasteiger partial charge in [-0.15, -0.1) is 29.9 Å². The predicted octanol–water partition coefficient (Wildman–Crippen LogP) is 2.63. The molecule has 2 saturated heterocycles. The van der Waals surface area contributed by atoms with Crippen LogP contribution in [0.4, 0.5) is 5.69 Å². The van der Waals surface area contributed by atoms with Crippen LogP contribution in [0, 0.1) is 13.8 Å². The molecule has 2 aliphatic rings. The summed E-state index contributed by atoms with van der Waals surface area (Å²) in [6.45, 7) is 9.19. The molecule has 0 saturated carbocycles. The number of benzene rings is 1. The average molecular weight is 441 g/mol. The van der Waals surface area contributed by atoms with Gasteiger partial charge in [0.25, 0.3) is 5.91 Å². The van der Waals surface area contributed by atoms with Crippen molar-refractivity contribution in [2.45, 2.75) is 32.7 Å². The number of nitrogens with zero attached hydrogens (tertiary/aromatic N) is 5. The maximum absolute atomic E-state index is 13.0. The third-order valence-corrected chi connectivity index (χ3v) is 5.72. The lowest BCUT2D eigenvalue weighted by molar-refractivity contribution is 0.0740. The van der Waals surface area contributed by atoms with Crippen molar-refractivity contribution in [3.05, 3.63) is 41.2 Å². The van der Waals surface area contributed by atoms with E-state index < -0.39 is 0 Å². The van der Waals surface area contributed by atoms with Crippen LogP contribution in [0.25, 0.3) is 0 Å². The van der Waals surface area contributed by atoms with Crippen molar-refractivity contribution in [1.82, 2.24) is 25.2 Å². The number of anilines is 1. The highest BCUT2D eigenvalue weighted by molar-refractivity contribution is 5.93. The van der Waals surface area contributed by atoms with Crippen LogP contribution in [0.1, 0.15) is 40.6 Å². The second kappa shape index (κ2) is 10.3. The fourth-order valence-corrected chi connectivity index (χ4v) is 4.08. The van der Waals surface area contributed by atoms with E-state index in [-0.39, 0.29) is 30.7 Å². The molecule has 1 N–H and O–H groups in total. The summed E-state index contributed by atoms with van der Waals surface area (Å²) in [6.07, 6.45) is 2.07. The number of amides is 1. The highest BCUT2D eigenvalue weighted by Gasteiger charge is 2.28. The van der Waals surface area contributed by atoms with Crippen molar-refractivity contribution >= 4 is 36.4 Å². The van der Waals surface area contributed by atoms with Crippen LogP contribution < -0.4 is 10.2 Å². The van der Waals surface area contributed by atoms with Gasteiger partial charge in [0, 0.05) is 31.9 Å². The molecule has 0 atom stereocenters. The van der Waals surface area contributed by atoms with Crippen molar-refractivity contribution in [2.75, 3.05) is 44.2 Å². The van der Waals surface area contributed by atoms with Crippen LogP contribution in [0.2, 0.25) is 0 Å². The van der Waals surface area contributed by atoms with E-state index in [1.807, 2.05) is 16.5 Å². The molecule has 1 amide bonds. The molecule has 0 spiro atoms. The Balaban J connectivity index is 0.00000150. The number of nitrogens with one attached hydrogen (secondary N) is 1. The Morgan fingerprint density at radius 3 is 2.41 bits per heavy atom. The normalized spacial score (nSPS) is 17.4. The number of carbonyl (C=O) groups is 1. The van der Waals surface area contributed by atoms with Gasteiger partial charge in [-0.1, -0.05) is 17.3 Å². The maximum Gasteiger partial charge on any atom is 0.276 e. The summed E-state index contributed by atoms with van der Waals surface area (Å²) in [6, 6.07) is 8.88. The van der Waals surface area contributed by atoms with Crippen molar-refractivity contribution < 1.29 is 4.79 Å². The number of piperidine rings is 1. The highest BCUT2D eigenvalue weighted by Crippen LogP contribution is 2.22. The standard InChI is InChI=1S/C20H28N6O.2ClH/c1-15-4-3-5-18(14-15)24-10-12-25(13-11-24)20(27)19-16(2)26(23-22-19)17-6-8-21-9-7-17;;/h3-5,14,17,21H,6-13H2,1-2H3;2*1H. The molecule has 160 valence electrons. The predicted molar refractivity (Wildman–Crippen MR) is 120 cm³/mol. The molecule has 0 unspecified atom stereocenters. The van der Waals surface area contributed by atoms with Gasteiger partial charge in [-0.25, -0.2) is 4.68 Å². The third kappa shape index (κ3) is 5.02. The minimum Gasteiger partial charge on any atom is -0.368 e.